The number of carbonyl (C=O) groups is 2. The van der Waals surface area contributed by atoms with Crippen LogP contribution in [0.4, 0.5) is 0 Å². The van der Waals surface area contributed by atoms with Crippen LogP contribution in [0.25, 0.3) is 16.3 Å². The van der Waals surface area contributed by atoms with Gasteiger partial charge in [0.1, 0.15) is 16.5 Å². The molecule has 0 unspecified atom stereocenters. The maximum Gasteiger partial charge on any atom is 0.342 e. The Kier molecular flexibility index (Phi) is 4.83. The summed E-state index contributed by atoms with van der Waals surface area (Å²) >= 11 is 1.48. The zero-order chi connectivity index (χ0) is 16.2. The van der Waals surface area contributed by atoms with Crippen molar-refractivity contribution in [1.29, 1.82) is 0 Å². The van der Waals surface area contributed by atoms with E-state index in [2.05, 4.69) is 4.98 Å². The van der Waals surface area contributed by atoms with Crippen LogP contribution >= 0.6 is 11.3 Å². The number of aromatic nitrogens is 1. The van der Waals surface area contributed by atoms with Crippen molar-refractivity contribution in [3.8, 4) is 0 Å². The molecule has 5 nitrogen and oxygen atoms in total. The number of pyridine rings is 1. The van der Waals surface area contributed by atoms with Crippen LogP contribution in [-0.4, -0.2) is 36.1 Å². The molecule has 1 fully saturated rings. The van der Waals surface area contributed by atoms with Gasteiger partial charge in [-0.2, -0.15) is 0 Å². The first-order chi connectivity index (χ1) is 11.1. The molecule has 0 spiro atoms. The third-order valence-electron chi connectivity index (χ3n) is 3.72. The quantitative estimate of drug-likeness (QED) is 0.373. The van der Waals surface area contributed by atoms with Gasteiger partial charge in [-0.05, 0) is 30.7 Å². The van der Waals surface area contributed by atoms with E-state index in [0.29, 0.717) is 26.1 Å². The summed E-state index contributed by atoms with van der Waals surface area (Å²) in [4.78, 5) is 29.4. The molecule has 0 aliphatic carbocycles. The molecule has 2 aromatic rings. The number of carbonyl (C=O) groups excluding carboxylic acids is 2. The lowest BCUT2D eigenvalue weighted by molar-refractivity contribution is -0.149. The highest BCUT2D eigenvalue weighted by atomic mass is 32.1. The predicted molar refractivity (Wildman–Crippen MR) is 88.2 cm³/mol. The van der Waals surface area contributed by atoms with E-state index in [-0.39, 0.29) is 17.5 Å². The van der Waals surface area contributed by atoms with Crippen LogP contribution in [0.1, 0.15) is 25.3 Å². The zero-order valence-corrected chi connectivity index (χ0v) is 13.6. The largest absolute Gasteiger partial charge is 0.459 e. The summed E-state index contributed by atoms with van der Waals surface area (Å²) in [5.41, 5.74) is 0.882. The maximum atomic E-state index is 12.4. The maximum absolute atomic E-state index is 12.4. The molecule has 1 aliphatic heterocycles. The second-order valence-electron chi connectivity index (χ2n) is 5.38. The highest BCUT2D eigenvalue weighted by Crippen LogP contribution is 2.26. The number of fused-ring (bicyclic) bond motifs is 1. The number of esters is 1. The topological polar surface area (TPSA) is 65.5 Å². The summed E-state index contributed by atoms with van der Waals surface area (Å²) in [6.45, 7) is 2.54. The Labute approximate surface area is 137 Å². The fourth-order valence-corrected chi connectivity index (χ4v) is 3.34. The SMILES string of the molecule is CC(=O)/C(=C/c1csc2ncccc12)C(=O)OC1CCOCC1. The van der Waals surface area contributed by atoms with Crippen LogP contribution in [0, 0.1) is 0 Å². The molecular formula is C17H17NO4S. The first kappa shape index (κ1) is 15.8. The molecule has 0 atom stereocenters. The Bertz CT molecular complexity index is 759. The van der Waals surface area contributed by atoms with Crippen molar-refractivity contribution < 1.29 is 19.1 Å². The fourth-order valence-electron chi connectivity index (χ4n) is 2.47. The molecule has 0 radical (unpaired) electrons. The summed E-state index contributed by atoms with van der Waals surface area (Å²) < 4.78 is 10.7. The van der Waals surface area contributed by atoms with Crippen LogP contribution in [0.3, 0.4) is 0 Å². The molecule has 6 heteroatoms. The van der Waals surface area contributed by atoms with Crippen molar-refractivity contribution >= 4 is 39.4 Å². The molecule has 0 saturated carbocycles. The van der Waals surface area contributed by atoms with Crippen molar-refractivity contribution in [3.63, 3.8) is 0 Å². The monoisotopic (exact) mass is 331 g/mol. The first-order valence-electron chi connectivity index (χ1n) is 7.48. The van der Waals surface area contributed by atoms with Gasteiger partial charge in [0.25, 0.3) is 0 Å². The van der Waals surface area contributed by atoms with Crippen LogP contribution in [0.2, 0.25) is 0 Å². The van der Waals surface area contributed by atoms with Gasteiger partial charge in [-0.3, -0.25) is 4.79 Å². The molecule has 0 N–H and O–H groups in total. The number of hydrogen-bond donors (Lipinski definition) is 0. The van der Waals surface area contributed by atoms with Crippen molar-refractivity contribution in [2.45, 2.75) is 25.9 Å². The number of ether oxygens (including phenoxy) is 2. The first-order valence-corrected chi connectivity index (χ1v) is 8.36. The molecule has 120 valence electrons. The summed E-state index contributed by atoms with van der Waals surface area (Å²) in [5, 5.41) is 2.82. The number of nitrogens with zero attached hydrogens (tertiary/aromatic N) is 1. The second-order valence-corrected chi connectivity index (χ2v) is 6.24. The normalized spacial score (nSPS) is 16.5. The Morgan fingerprint density at radius 1 is 1.39 bits per heavy atom. The molecule has 3 rings (SSSR count). The Hall–Kier alpha value is -2.05. The lowest BCUT2D eigenvalue weighted by Crippen LogP contribution is -2.27. The molecule has 3 heterocycles. The highest BCUT2D eigenvalue weighted by molar-refractivity contribution is 7.17. The molecular weight excluding hydrogens is 314 g/mol. The van der Waals surface area contributed by atoms with Crippen molar-refractivity contribution in [3.05, 3.63) is 34.8 Å². The lowest BCUT2D eigenvalue weighted by atomic mass is 10.1. The summed E-state index contributed by atoms with van der Waals surface area (Å²) in [6, 6.07) is 3.76. The molecule has 0 aromatic carbocycles. The minimum Gasteiger partial charge on any atom is -0.459 e. The van der Waals surface area contributed by atoms with Gasteiger partial charge in [-0.25, -0.2) is 9.78 Å². The van der Waals surface area contributed by atoms with Gasteiger partial charge >= 0.3 is 5.97 Å². The molecule has 2 aromatic heterocycles. The van der Waals surface area contributed by atoms with E-state index in [4.69, 9.17) is 9.47 Å². The van der Waals surface area contributed by atoms with Gasteiger partial charge < -0.3 is 9.47 Å². The number of hydrogen-bond acceptors (Lipinski definition) is 6. The molecule has 1 aliphatic rings. The lowest BCUT2D eigenvalue weighted by Gasteiger charge is -2.22. The molecule has 23 heavy (non-hydrogen) atoms. The Balaban J connectivity index is 1.85. The van der Waals surface area contributed by atoms with E-state index in [1.165, 1.54) is 18.3 Å². The van der Waals surface area contributed by atoms with E-state index in [9.17, 15) is 9.59 Å². The van der Waals surface area contributed by atoms with E-state index in [1.54, 1.807) is 12.3 Å². The van der Waals surface area contributed by atoms with Crippen molar-refractivity contribution in [1.82, 2.24) is 4.98 Å². The van der Waals surface area contributed by atoms with Gasteiger partial charge in [0.2, 0.25) is 0 Å². The molecule has 0 bridgehead atoms. The van der Waals surface area contributed by atoms with Gasteiger partial charge in [-0.15, -0.1) is 11.3 Å². The summed E-state index contributed by atoms with van der Waals surface area (Å²) in [7, 11) is 0. The molecule has 0 amide bonds. The van der Waals surface area contributed by atoms with Gasteiger partial charge in [-0.1, -0.05) is 0 Å². The minimum atomic E-state index is -0.562. The fraction of sp³-hybridized carbons (Fsp3) is 0.353. The van der Waals surface area contributed by atoms with Crippen molar-refractivity contribution in [2.24, 2.45) is 0 Å². The number of rotatable bonds is 4. The van der Waals surface area contributed by atoms with Gasteiger partial charge in [0.05, 0.1) is 13.2 Å². The molecule has 1 saturated heterocycles. The predicted octanol–water partition coefficient (Wildman–Crippen LogP) is 2.99. The van der Waals surface area contributed by atoms with E-state index >= 15 is 0 Å². The third-order valence-corrected chi connectivity index (χ3v) is 4.64. The second kappa shape index (κ2) is 7.02. The highest BCUT2D eigenvalue weighted by Gasteiger charge is 2.23. The van der Waals surface area contributed by atoms with Crippen LogP contribution in [0.5, 0.6) is 0 Å². The van der Waals surface area contributed by atoms with Crippen LogP contribution in [0.15, 0.2) is 29.3 Å². The van der Waals surface area contributed by atoms with Crippen LogP contribution < -0.4 is 0 Å². The van der Waals surface area contributed by atoms with Crippen molar-refractivity contribution in [2.75, 3.05) is 13.2 Å². The van der Waals surface area contributed by atoms with E-state index < -0.39 is 5.97 Å². The van der Waals surface area contributed by atoms with Crippen LogP contribution in [-0.2, 0) is 19.1 Å². The zero-order valence-electron chi connectivity index (χ0n) is 12.8. The number of Topliss-reactive ketones (excluding diaryl/α,β-unsaturated/α-hetero) is 1. The number of ketones is 1. The average Bonchev–Trinajstić information content (AvgIpc) is 2.96. The smallest absolute Gasteiger partial charge is 0.342 e. The van der Waals surface area contributed by atoms with Gasteiger partial charge in [0, 0.05) is 29.8 Å². The Morgan fingerprint density at radius 2 is 2.17 bits per heavy atom. The third kappa shape index (κ3) is 3.65. The van der Waals surface area contributed by atoms with Gasteiger partial charge in [0.15, 0.2) is 5.78 Å². The summed E-state index contributed by atoms with van der Waals surface area (Å²) in [6.07, 6.45) is 4.48. The number of thiophene rings is 1. The summed E-state index contributed by atoms with van der Waals surface area (Å²) in [5.74, 6) is -0.863. The van der Waals surface area contributed by atoms with E-state index in [0.717, 1.165) is 15.8 Å². The average molecular weight is 331 g/mol. The minimum absolute atomic E-state index is 0.0695. The standard InChI is InChI=1S/C17H17NO4S/c1-11(19)15(17(20)22-13-4-7-21-8-5-13)9-12-10-23-16-14(12)3-2-6-18-16/h2-3,6,9-10,13H,4-5,7-8H2,1H3/b15-9-. The van der Waals surface area contributed by atoms with E-state index in [1.807, 2.05) is 17.5 Å². The Morgan fingerprint density at radius 3 is 2.91 bits per heavy atom.